The lowest BCUT2D eigenvalue weighted by molar-refractivity contribution is -0.602. The quantitative estimate of drug-likeness (QED) is 0.449. The normalized spacial score (nSPS) is 11.9. The molecule has 3 aromatic rings. The topological polar surface area (TPSA) is 32.0 Å². The molecule has 1 aromatic heterocycles. The van der Waals surface area contributed by atoms with Gasteiger partial charge >= 0.3 is 0 Å². The summed E-state index contributed by atoms with van der Waals surface area (Å²) in [7, 11) is 0. The molecule has 0 aliphatic heterocycles. The average Bonchev–Trinajstić information content (AvgIpc) is 3.08. The van der Waals surface area contributed by atoms with E-state index < -0.39 is 0 Å². The molecule has 0 spiro atoms. The van der Waals surface area contributed by atoms with E-state index in [2.05, 4.69) is 101 Å². The minimum Gasteiger partial charge on any atom is -1.00 e. The van der Waals surface area contributed by atoms with Crippen molar-refractivity contribution in [3.63, 3.8) is 0 Å². The fourth-order valence-corrected chi connectivity index (χ4v) is 4.38. The van der Waals surface area contributed by atoms with Gasteiger partial charge < -0.3 is 12.4 Å². The Hall–Kier alpha value is -2.39. The summed E-state index contributed by atoms with van der Waals surface area (Å²) in [6.07, 6.45) is 4.92. The molecule has 0 atom stereocenters. The van der Waals surface area contributed by atoms with E-state index in [4.69, 9.17) is 4.99 Å². The Bertz CT molecular complexity index is 1020. The molecule has 0 aliphatic carbocycles. The Morgan fingerprint density at radius 1 is 0.968 bits per heavy atom. The summed E-state index contributed by atoms with van der Waals surface area (Å²) in [5.74, 6) is 2.05. The van der Waals surface area contributed by atoms with E-state index in [1.807, 2.05) is 6.20 Å². The van der Waals surface area contributed by atoms with Crippen LogP contribution >= 0.6 is 0 Å². The maximum Gasteiger partial charge on any atom is 0.265 e. The Balaban J connectivity index is 0.00000341. The van der Waals surface area contributed by atoms with Gasteiger partial charge in [-0.3, -0.25) is 4.99 Å². The second kappa shape index (κ2) is 10.3. The Labute approximate surface area is 194 Å². The van der Waals surface area contributed by atoms with Crippen molar-refractivity contribution in [2.45, 2.75) is 73.6 Å². The third-order valence-electron chi connectivity index (χ3n) is 5.71. The first-order valence-electron chi connectivity index (χ1n) is 11.0. The van der Waals surface area contributed by atoms with Gasteiger partial charge in [-0.2, -0.15) is 4.57 Å². The molecule has 1 N–H and O–H groups in total. The fourth-order valence-electron chi connectivity index (χ4n) is 4.38. The van der Waals surface area contributed by atoms with Crippen LogP contribution in [0.5, 0.6) is 0 Å². The fraction of sp³-hybridized carbons (Fsp3) is 0.407. The molecule has 0 radical (unpaired) electrons. The number of aromatic nitrogens is 2. The smallest absolute Gasteiger partial charge is 0.265 e. The highest BCUT2D eigenvalue weighted by molar-refractivity contribution is 5.86. The SMILES string of the molecule is CC(Cc1[nH]cc[n+]1-c1c(C)cc(C)cc1C)=Nc1c(C(C)C)cccc1C(C)C.[Cl-]. The standard InChI is InChI=1S/C27H35N3.ClH/c1-17(2)23-10-9-11-24(18(3)4)26(23)29-22(8)16-25-28-12-13-30(25)27-20(6)14-19(5)15-21(27)7;/h9-15,17-18H,16H2,1-8H3;1H. The second-order valence-corrected chi connectivity index (χ2v) is 9.14. The number of nitrogens with zero attached hydrogens (tertiary/aromatic N) is 2. The molecule has 4 heteroatoms. The molecule has 0 bridgehead atoms. The molecule has 166 valence electrons. The van der Waals surface area contributed by atoms with Crippen LogP contribution in [0.2, 0.25) is 0 Å². The van der Waals surface area contributed by atoms with Gasteiger partial charge in [-0.05, 0) is 61.8 Å². The lowest BCUT2D eigenvalue weighted by atomic mass is 9.93. The van der Waals surface area contributed by atoms with Gasteiger partial charge in [0.1, 0.15) is 18.1 Å². The third-order valence-corrected chi connectivity index (χ3v) is 5.71. The molecule has 2 aromatic carbocycles. The highest BCUT2D eigenvalue weighted by Crippen LogP contribution is 2.35. The van der Waals surface area contributed by atoms with E-state index in [-0.39, 0.29) is 12.4 Å². The molecule has 3 nitrogen and oxygen atoms in total. The molecule has 0 unspecified atom stereocenters. The van der Waals surface area contributed by atoms with Crippen LogP contribution in [-0.2, 0) is 6.42 Å². The number of rotatable bonds is 6. The average molecular weight is 438 g/mol. The Kier molecular flexibility index (Phi) is 8.25. The minimum absolute atomic E-state index is 0. The van der Waals surface area contributed by atoms with Crippen molar-refractivity contribution < 1.29 is 17.0 Å². The monoisotopic (exact) mass is 437 g/mol. The molecular weight excluding hydrogens is 402 g/mol. The molecule has 0 saturated carbocycles. The summed E-state index contributed by atoms with van der Waals surface area (Å²) in [6.45, 7) is 17.7. The highest BCUT2D eigenvalue weighted by atomic mass is 35.5. The summed E-state index contributed by atoms with van der Waals surface area (Å²) in [5, 5.41) is 0. The van der Waals surface area contributed by atoms with E-state index in [1.54, 1.807) is 0 Å². The highest BCUT2D eigenvalue weighted by Gasteiger charge is 2.19. The number of imidazole rings is 1. The molecule has 3 rings (SSSR count). The van der Waals surface area contributed by atoms with E-state index in [0.29, 0.717) is 11.8 Å². The van der Waals surface area contributed by atoms with Crippen molar-refractivity contribution in [3.8, 4) is 5.69 Å². The van der Waals surface area contributed by atoms with Gasteiger partial charge in [-0.1, -0.05) is 63.6 Å². The van der Waals surface area contributed by atoms with E-state index >= 15 is 0 Å². The van der Waals surface area contributed by atoms with E-state index in [1.165, 1.54) is 33.5 Å². The van der Waals surface area contributed by atoms with Gasteiger partial charge in [-0.25, -0.2) is 4.98 Å². The van der Waals surface area contributed by atoms with Crippen LogP contribution in [0.4, 0.5) is 5.69 Å². The number of benzene rings is 2. The van der Waals surface area contributed by atoms with E-state index in [0.717, 1.165) is 23.6 Å². The summed E-state index contributed by atoms with van der Waals surface area (Å²) >= 11 is 0. The maximum absolute atomic E-state index is 5.15. The first-order valence-corrected chi connectivity index (χ1v) is 11.0. The van der Waals surface area contributed by atoms with Gasteiger partial charge in [0.05, 0.1) is 12.1 Å². The second-order valence-electron chi connectivity index (χ2n) is 9.14. The molecule has 0 saturated heterocycles. The number of aromatic amines is 1. The molecule has 31 heavy (non-hydrogen) atoms. The van der Waals surface area contributed by atoms with Crippen LogP contribution in [0.3, 0.4) is 0 Å². The summed E-state index contributed by atoms with van der Waals surface area (Å²) in [4.78, 5) is 8.60. The molecule has 0 amide bonds. The van der Waals surface area contributed by atoms with Crippen molar-refractivity contribution in [2.75, 3.05) is 0 Å². The number of hydrogen-bond donors (Lipinski definition) is 1. The predicted molar refractivity (Wildman–Crippen MR) is 128 cm³/mol. The third kappa shape index (κ3) is 5.46. The van der Waals surface area contributed by atoms with Crippen molar-refractivity contribution >= 4 is 11.4 Å². The number of aliphatic imine (C=N–C) groups is 1. The molecule has 1 heterocycles. The molecule has 0 fully saturated rings. The lowest BCUT2D eigenvalue weighted by Gasteiger charge is -2.17. The lowest BCUT2D eigenvalue weighted by Crippen LogP contribution is -3.00. The van der Waals surface area contributed by atoms with Gasteiger partial charge in [0, 0.05) is 5.71 Å². The van der Waals surface area contributed by atoms with Crippen molar-refractivity contribution in [3.05, 3.63) is 76.4 Å². The van der Waals surface area contributed by atoms with Crippen LogP contribution in [0.1, 0.15) is 80.1 Å². The van der Waals surface area contributed by atoms with Crippen LogP contribution < -0.4 is 17.0 Å². The first-order chi connectivity index (χ1) is 14.2. The summed E-state index contributed by atoms with van der Waals surface area (Å²) in [6, 6.07) is 11.1. The van der Waals surface area contributed by atoms with Crippen LogP contribution in [-0.4, -0.2) is 10.7 Å². The number of nitrogens with one attached hydrogen (secondary N) is 1. The Morgan fingerprint density at radius 3 is 2.03 bits per heavy atom. The van der Waals surface area contributed by atoms with Crippen molar-refractivity contribution in [2.24, 2.45) is 4.99 Å². The largest absolute Gasteiger partial charge is 1.00 e. The number of hydrogen-bond acceptors (Lipinski definition) is 1. The first kappa shape index (κ1) is 24.9. The number of halogens is 1. The van der Waals surface area contributed by atoms with Crippen LogP contribution in [0.15, 0.2) is 47.7 Å². The number of H-pyrrole nitrogens is 1. The van der Waals surface area contributed by atoms with Gasteiger partial charge in [0.25, 0.3) is 5.82 Å². The van der Waals surface area contributed by atoms with Gasteiger partial charge in [0.15, 0.2) is 0 Å². The number of para-hydroxylation sites is 1. The van der Waals surface area contributed by atoms with Crippen molar-refractivity contribution in [1.82, 2.24) is 4.98 Å². The zero-order valence-corrected chi connectivity index (χ0v) is 20.9. The number of aryl methyl sites for hydroxylation is 3. The van der Waals surface area contributed by atoms with Crippen LogP contribution in [0.25, 0.3) is 5.69 Å². The van der Waals surface area contributed by atoms with Gasteiger partial charge in [0.2, 0.25) is 0 Å². The predicted octanol–water partition coefficient (Wildman–Crippen LogP) is 3.80. The molecule has 0 aliphatic rings. The zero-order valence-electron chi connectivity index (χ0n) is 20.2. The summed E-state index contributed by atoms with van der Waals surface area (Å²) < 4.78 is 2.28. The van der Waals surface area contributed by atoms with Gasteiger partial charge in [-0.15, -0.1) is 0 Å². The van der Waals surface area contributed by atoms with Crippen molar-refractivity contribution in [1.29, 1.82) is 0 Å². The minimum atomic E-state index is 0. The Morgan fingerprint density at radius 2 is 1.52 bits per heavy atom. The molecular formula is C27H36ClN3. The zero-order chi connectivity index (χ0) is 22.0. The van der Waals surface area contributed by atoms with Crippen LogP contribution in [0, 0.1) is 20.8 Å². The summed E-state index contributed by atoms with van der Waals surface area (Å²) in [5.41, 5.74) is 10.1. The van der Waals surface area contributed by atoms with E-state index in [9.17, 15) is 0 Å². The maximum atomic E-state index is 5.15.